The minimum absolute atomic E-state index is 0.0253. The van der Waals surface area contributed by atoms with Crippen molar-refractivity contribution < 1.29 is 4.79 Å². The zero-order valence-corrected chi connectivity index (χ0v) is 26.7. The molecule has 42 heavy (non-hydrogen) atoms. The van der Waals surface area contributed by atoms with Crippen LogP contribution in [0, 0.1) is 0 Å². The Morgan fingerprint density at radius 3 is 2.29 bits per heavy atom. The molecule has 3 aromatic rings. The molecule has 1 aromatic heterocycles. The van der Waals surface area contributed by atoms with Gasteiger partial charge in [0.15, 0.2) is 0 Å². The van der Waals surface area contributed by atoms with Gasteiger partial charge in [-0.2, -0.15) is 5.10 Å². The first-order valence-corrected chi connectivity index (χ1v) is 15.3. The van der Waals surface area contributed by atoms with Crippen molar-refractivity contribution in [2.24, 2.45) is 12.8 Å². The van der Waals surface area contributed by atoms with Crippen LogP contribution in [0.5, 0.6) is 0 Å². The lowest BCUT2D eigenvalue weighted by molar-refractivity contribution is 0.0595. The summed E-state index contributed by atoms with van der Waals surface area (Å²) >= 11 is 0. The normalized spacial score (nSPS) is 17.5. The molecule has 1 saturated carbocycles. The predicted octanol–water partition coefficient (Wildman–Crippen LogP) is 5.27. The van der Waals surface area contributed by atoms with Crippen molar-refractivity contribution in [2.75, 3.05) is 44.9 Å². The van der Waals surface area contributed by atoms with Gasteiger partial charge in [-0.05, 0) is 93.7 Å². The Bertz CT molecular complexity index is 1350. The van der Waals surface area contributed by atoms with E-state index in [0.717, 1.165) is 79.0 Å². The molecule has 8 heteroatoms. The van der Waals surface area contributed by atoms with Crippen LogP contribution >= 0.6 is 0 Å². The molecule has 0 bridgehead atoms. The lowest BCUT2D eigenvalue weighted by Gasteiger charge is -2.36. The highest BCUT2D eigenvalue weighted by Gasteiger charge is 2.31. The van der Waals surface area contributed by atoms with Gasteiger partial charge >= 0.3 is 0 Å². The van der Waals surface area contributed by atoms with Crippen LogP contribution in [0.15, 0.2) is 48.5 Å². The number of nitrogen functional groups attached to an aromatic ring is 1. The second kappa shape index (κ2) is 13.3. The zero-order valence-electron chi connectivity index (χ0n) is 26.7. The van der Waals surface area contributed by atoms with Crippen LogP contribution < -0.4 is 16.4 Å². The van der Waals surface area contributed by atoms with Gasteiger partial charge in [-0.3, -0.25) is 9.48 Å². The number of aromatic nitrogens is 2. The maximum absolute atomic E-state index is 14.1. The number of rotatable bonds is 10. The smallest absolute Gasteiger partial charge is 0.272 e. The Labute approximate surface area is 252 Å². The van der Waals surface area contributed by atoms with Crippen molar-refractivity contribution in [2.45, 2.75) is 76.9 Å². The highest BCUT2D eigenvalue weighted by atomic mass is 16.2. The van der Waals surface area contributed by atoms with Crippen LogP contribution in [0.4, 0.5) is 11.4 Å². The average molecular weight is 574 g/mol. The van der Waals surface area contributed by atoms with Crippen LogP contribution in [-0.4, -0.2) is 71.8 Å². The fourth-order valence-electron chi connectivity index (χ4n) is 5.83. The summed E-state index contributed by atoms with van der Waals surface area (Å²) in [6.45, 7) is 8.89. The zero-order chi connectivity index (χ0) is 30.6. The number of carbonyl (C=O) groups is 1. The highest BCUT2D eigenvalue weighted by Crippen LogP contribution is 2.31. The molecule has 0 saturated heterocycles. The van der Waals surface area contributed by atoms with E-state index in [9.17, 15) is 4.79 Å². The fourth-order valence-corrected chi connectivity index (χ4v) is 5.83. The van der Waals surface area contributed by atoms with Crippen molar-refractivity contribution in [3.63, 3.8) is 0 Å². The number of carbonyl (C=O) groups excluding carboxylic acids is 1. The Hall–Kier alpha value is -3.36. The third kappa shape index (κ3) is 7.72. The summed E-state index contributed by atoms with van der Waals surface area (Å²) in [6.07, 6.45) is 4.77. The number of nitrogens with two attached hydrogens (primary N) is 2. The summed E-state index contributed by atoms with van der Waals surface area (Å²) in [5, 5.41) is 4.69. The molecule has 4 rings (SSSR count). The van der Waals surface area contributed by atoms with Gasteiger partial charge in [-0.25, -0.2) is 0 Å². The standard InChI is InChI=1S/C34H51N7O/c1-34(2,3)32-22-31(40(7)37-32)33(42)41(28-15-13-27(35)14-16-28)23-24-10-8-11-25(20-24)26-12-17-30(29(36)21-26)39(6)19-9-18-38(4)5/h8,10-12,17,20-22,27-28H,9,13-16,18-19,23,35-36H2,1-7H3. The number of nitrogens with zero attached hydrogens (tertiary/aromatic N) is 5. The maximum Gasteiger partial charge on any atom is 0.272 e. The lowest BCUT2D eigenvalue weighted by atomic mass is 9.90. The Kier molecular flexibility index (Phi) is 10.00. The molecular formula is C34H51N7O. The van der Waals surface area contributed by atoms with Gasteiger partial charge in [0.2, 0.25) is 0 Å². The molecule has 0 aliphatic heterocycles. The summed E-state index contributed by atoms with van der Waals surface area (Å²) < 4.78 is 1.74. The third-order valence-corrected chi connectivity index (χ3v) is 8.46. The summed E-state index contributed by atoms with van der Waals surface area (Å²) in [6, 6.07) is 17.1. The molecule has 0 unspecified atom stereocenters. The number of aryl methyl sites for hydroxylation is 1. The molecular weight excluding hydrogens is 522 g/mol. The molecule has 8 nitrogen and oxygen atoms in total. The fraction of sp³-hybridized carbons (Fsp3) is 0.529. The average Bonchev–Trinajstić information content (AvgIpc) is 3.34. The van der Waals surface area contributed by atoms with Gasteiger partial charge in [0.1, 0.15) is 5.69 Å². The van der Waals surface area contributed by atoms with Crippen LogP contribution in [0.2, 0.25) is 0 Å². The van der Waals surface area contributed by atoms with Crippen LogP contribution in [0.25, 0.3) is 11.1 Å². The van der Waals surface area contributed by atoms with Crippen LogP contribution in [0.3, 0.4) is 0 Å². The van der Waals surface area contributed by atoms with Crippen LogP contribution in [0.1, 0.15) is 74.6 Å². The van der Waals surface area contributed by atoms with E-state index in [1.165, 1.54) is 0 Å². The van der Waals surface area contributed by atoms with E-state index in [-0.39, 0.29) is 23.4 Å². The van der Waals surface area contributed by atoms with Gasteiger partial charge in [0.25, 0.3) is 5.91 Å². The SMILES string of the molecule is CN(C)CCCN(C)c1ccc(-c2cccc(CN(C(=O)c3cc(C(C)(C)C)nn3C)C3CCC(N)CC3)c2)cc1N. The van der Waals surface area contributed by atoms with Gasteiger partial charge in [0, 0.05) is 44.7 Å². The van der Waals surface area contributed by atoms with E-state index in [2.05, 4.69) is 104 Å². The Morgan fingerprint density at radius 1 is 0.976 bits per heavy atom. The third-order valence-electron chi connectivity index (χ3n) is 8.46. The minimum Gasteiger partial charge on any atom is -0.397 e. The molecule has 1 amide bonds. The van der Waals surface area contributed by atoms with E-state index in [0.29, 0.717) is 12.2 Å². The number of hydrogen-bond acceptors (Lipinski definition) is 6. The molecule has 0 spiro atoms. The number of benzene rings is 2. The second-order valence-electron chi connectivity index (χ2n) is 13.3. The Balaban J connectivity index is 1.57. The first kappa shape index (κ1) is 31.6. The van der Waals surface area contributed by atoms with Gasteiger partial charge in [-0.15, -0.1) is 0 Å². The largest absolute Gasteiger partial charge is 0.397 e. The predicted molar refractivity (Wildman–Crippen MR) is 175 cm³/mol. The number of hydrogen-bond donors (Lipinski definition) is 2. The molecule has 228 valence electrons. The second-order valence-corrected chi connectivity index (χ2v) is 13.3. The Morgan fingerprint density at radius 2 is 1.67 bits per heavy atom. The first-order chi connectivity index (χ1) is 19.8. The summed E-state index contributed by atoms with van der Waals surface area (Å²) in [4.78, 5) is 20.6. The van der Waals surface area contributed by atoms with Crippen molar-refractivity contribution >= 4 is 17.3 Å². The molecule has 1 aliphatic carbocycles. The van der Waals surface area contributed by atoms with Gasteiger partial charge in [-0.1, -0.05) is 45.0 Å². The van der Waals surface area contributed by atoms with E-state index < -0.39 is 0 Å². The number of anilines is 2. The van der Waals surface area contributed by atoms with E-state index >= 15 is 0 Å². The topological polar surface area (TPSA) is 96.6 Å². The molecule has 4 N–H and O–H groups in total. The molecule has 1 fully saturated rings. The van der Waals surface area contributed by atoms with E-state index in [1.54, 1.807) is 4.68 Å². The quantitative estimate of drug-likeness (QED) is 0.321. The first-order valence-electron chi connectivity index (χ1n) is 15.3. The minimum atomic E-state index is -0.133. The molecule has 0 radical (unpaired) electrons. The van der Waals surface area contributed by atoms with Crippen molar-refractivity contribution in [1.82, 2.24) is 19.6 Å². The van der Waals surface area contributed by atoms with Crippen molar-refractivity contribution in [1.29, 1.82) is 0 Å². The summed E-state index contributed by atoms with van der Waals surface area (Å²) in [5.41, 5.74) is 19.3. The molecule has 0 atom stereocenters. The van der Waals surface area contributed by atoms with Crippen LogP contribution in [-0.2, 0) is 19.0 Å². The van der Waals surface area contributed by atoms with Crippen molar-refractivity contribution in [3.05, 3.63) is 65.5 Å². The number of amides is 1. The highest BCUT2D eigenvalue weighted by molar-refractivity contribution is 5.93. The van der Waals surface area contributed by atoms with Gasteiger partial charge in [0.05, 0.1) is 17.1 Å². The lowest BCUT2D eigenvalue weighted by Crippen LogP contribution is -2.44. The monoisotopic (exact) mass is 573 g/mol. The van der Waals surface area contributed by atoms with E-state index in [4.69, 9.17) is 11.5 Å². The molecule has 1 heterocycles. The molecule has 2 aromatic carbocycles. The van der Waals surface area contributed by atoms with E-state index in [1.807, 2.05) is 13.1 Å². The molecule has 1 aliphatic rings. The maximum atomic E-state index is 14.1. The summed E-state index contributed by atoms with van der Waals surface area (Å²) in [7, 11) is 8.15. The van der Waals surface area contributed by atoms with Crippen molar-refractivity contribution in [3.8, 4) is 11.1 Å². The summed E-state index contributed by atoms with van der Waals surface area (Å²) in [5.74, 6) is 0.0253. The van der Waals surface area contributed by atoms with Gasteiger partial charge < -0.3 is 26.2 Å².